The molecule has 1 aromatic carbocycles. The fourth-order valence-electron chi connectivity index (χ4n) is 1.35. The van der Waals surface area contributed by atoms with Crippen LogP contribution in [0.3, 0.4) is 0 Å². The van der Waals surface area contributed by atoms with Gasteiger partial charge < -0.3 is 0 Å². The SMILES string of the molecule is O=S(=O)(NS(=O)(=O)C(F)C(F)(F)C(F)(F)C(F)F)c1ccc(F)cc1. The summed E-state index contributed by atoms with van der Waals surface area (Å²) >= 11 is 0. The minimum absolute atomic E-state index is 0.374. The predicted molar refractivity (Wildman–Crippen MR) is 66.4 cm³/mol. The van der Waals surface area contributed by atoms with Gasteiger partial charge >= 0.3 is 18.3 Å². The van der Waals surface area contributed by atoms with Crippen molar-refractivity contribution in [3.8, 4) is 0 Å². The Labute approximate surface area is 135 Å². The van der Waals surface area contributed by atoms with Crippen molar-refractivity contribution in [2.24, 2.45) is 0 Å². The van der Waals surface area contributed by atoms with Crippen LogP contribution in [0, 0.1) is 5.82 Å². The molecule has 1 unspecified atom stereocenters. The molecule has 1 aromatic rings. The maximum absolute atomic E-state index is 13.4. The summed E-state index contributed by atoms with van der Waals surface area (Å²) in [7, 11) is -11.7. The van der Waals surface area contributed by atoms with E-state index in [4.69, 9.17) is 0 Å². The molecule has 0 spiro atoms. The van der Waals surface area contributed by atoms with Crippen molar-refractivity contribution in [1.82, 2.24) is 4.13 Å². The van der Waals surface area contributed by atoms with Gasteiger partial charge in [0.1, 0.15) is 5.82 Å². The van der Waals surface area contributed by atoms with Gasteiger partial charge in [0.2, 0.25) is 0 Å². The van der Waals surface area contributed by atoms with E-state index in [-0.39, 0.29) is 0 Å². The molecule has 1 atom stereocenters. The Bertz CT molecular complexity index is 823. The van der Waals surface area contributed by atoms with E-state index in [1.807, 2.05) is 0 Å². The number of hydrogen-bond donors (Lipinski definition) is 1. The molecule has 0 radical (unpaired) electrons. The van der Waals surface area contributed by atoms with Crippen molar-refractivity contribution in [3.63, 3.8) is 0 Å². The largest absolute Gasteiger partial charge is 0.373 e. The first-order valence-corrected chi connectivity index (χ1v) is 8.79. The third kappa shape index (κ3) is 4.20. The van der Waals surface area contributed by atoms with Gasteiger partial charge in [-0.05, 0) is 24.3 Å². The molecular formula is C10H7F8NO4S2. The topological polar surface area (TPSA) is 80.3 Å². The Morgan fingerprint density at radius 1 is 0.840 bits per heavy atom. The van der Waals surface area contributed by atoms with Gasteiger partial charge in [0.25, 0.3) is 25.6 Å². The molecule has 0 aromatic heterocycles. The van der Waals surface area contributed by atoms with Crippen LogP contribution in [0.15, 0.2) is 29.2 Å². The quantitative estimate of drug-likeness (QED) is 0.685. The summed E-state index contributed by atoms with van der Waals surface area (Å²) < 4.78 is 148. The summed E-state index contributed by atoms with van der Waals surface area (Å²) in [6.07, 6.45) is -5.13. The van der Waals surface area contributed by atoms with Crippen molar-refractivity contribution in [2.75, 3.05) is 0 Å². The second-order valence-corrected chi connectivity index (χ2v) is 8.10. The maximum Gasteiger partial charge on any atom is 0.373 e. The van der Waals surface area contributed by atoms with E-state index in [1.54, 1.807) is 0 Å². The Morgan fingerprint density at radius 3 is 1.68 bits per heavy atom. The number of hydrogen-bond acceptors (Lipinski definition) is 4. The Morgan fingerprint density at radius 2 is 1.28 bits per heavy atom. The smallest absolute Gasteiger partial charge is 0.221 e. The van der Waals surface area contributed by atoms with Crippen LogP contribution >= 0.6 is 0 Å². The van der Waals surface area contributed by atoms with E-state index in [0.29, 0.717) is 28.4 Å². The first-order valence-electron chi connectivity index (χ1n) is 5.76. The molecule has 0 aliphatic rings. The molecule has 1 N–H and O–H groups in total. The van der Waals surface area contributed by atoms with Crippen LogP contribution in [0.1, 0.15) is 0 Å². The number of sulfonamides is 2. The van der Waals surface area contributed by atoms with E-state index in [2.05, 4.69) is 0 Å². The highest BCUT2D eigenvalue weighted by Gasteiger charge is 2.71. The van der Waals surface area contributed by atoms with Crippen LogP contribution in [-0.4, -0.2) is 40.6 Å². The number of halogens is 8. The lowest BCUT2D eigenvalue weighted by Gasteiger charge is -2.27. The summed E-state index contributed by atoms with van der Waals surface area (Å²) in [5.74, 6) is -13.8. The van der Waals surface area contributed by atoms with Gasteiger partial charge in [-0.15, -0.1) is 4.13 Å². The highest BCUT2D eigenvalue weighted by atomic mass is 32.3. The number of alkyl halides is 7. The fourth-order valence-corrected chi connectivity index (χ4v) is 4.34. The van der Waals surface area contributed by atoms with E-state index in [0.717, 1.165) is 0 Å². The van der Waals surface area contributed by atoms with Crippen LogP contribution in [0.5, 0.6) is 0 Å². The van der Waals surface area contributed by atoms with Gasteiger partial charge in [0.15, 0.2) is 0 Å². The van der Waals surface area contributed by atoms with Crippen molar-refractivity contribution in [1.29, 1.82) is 0 Å². The summed E-state index contributed by atoms with van der Waals surface area (Å²) in [4.78, 5) is -1.05. The Kier molecular flexibility index (Phi) is 5.76. The third-order valence-corrected chi connectivity index (χ3v) is 6.17. The molecular weight excluding hydrogens is 414 g/mol. The van der Waals surface area contributed by atoms with Crippen molar-refractivity contribution >= 4 is 20.0 Å². The van der Waals surface area contributed by atoms with Crippen molar-refractivity contribution in [2.45, 2.75) is 28.7 Å². The normalized spacial score (nSPS) is 15.4. The van der Waals surface area contributed by atoms with E-state index in [9.17, 15) is 52.0 Å². The minimum Gasteiger partial charge on any atom is -0.221 e. The van der Waals surface area contributed by atoms with Crippen LogP contribution in [0.2, 0.25) is 0 Å². The highest BCUT2D eigenvalue weighted by Crippen LogP contribution is 2.44. The molecule has 0 saturated carbocycles. The molecule has 0 amide bonds. The molecule has 0 aliphatic heterocycles. The third-order valence-electron chi connectivity index (χ3n) is 2.63. The van der Waals surface area contributed by atoms with E-state index < -0.39 is 54.5 Å². The molecule has 0 bridgehead atoms. The predicted octanol–water partition coefficient (Wildman–Crippen LogP) is 2.27. The molecule has 144 valence electrons. The van der Waals surface area contributed by atoms with Gasteiger partial charge in [-0.25, -0.2) is 34.4 Å². The molecule has 5 nitrogen and oxygen atoms in total. The standard InChI is InChI=1S/C10H7F8NO4S2/c11-5-1-3-6(4-2-5)24(20,21)19-25(22,23)8(14)10(17,18)9(15,16)7(12)13/h1-4,7-8,19H. The average Bonchev–Trinajstić information content (AvgIpc) is 2.45. The van der Waals surface area contributed by atoms with Gasteiger partial charge in [-0.3, -0.25) is 0 Å². The van der Waals surface area contributed by atoms with Gasteiger partial charge in [-0.2, -0.15) is 17.6 Å². The van der Waals surface area contributed by atoms with Crippen LogP contribution in [0.25, 0.3) is 0 Å². The molecule has 15 heteroatoms. The van der Waals surface area contributed by atoms with Gasteiger partial charge in [0, 0.05) is 0 Å². The zero-order valence-corrected chi connectivity index (χ0v) is 13.1. The zero-order chi connectivity index (χ0) is 19.8. The summed E-state index contributed by atoms with van der Waals surface area (Å²) in [5, 5.41) is 0. The lowest BCUT2D eigenvalue weighted by molar-refractivity contribution is -0.274. The highest BCUT2D eigenvalue weighted by molar-refractivity contribution is 8.05. The maximum atomic E-state index is 13.4. The minimum atomic E-state index is -6.45. The summed E-state index contributed by atoms with van der Waals surface area (Å²) in [6, 6.07) is 1.92. The summed E-state index contributed by atoms with van der Waals surface area (Å²) in [6.45, 7) is 0. The molecule has 1 rings (SSSR count). The zero-order valence-electron chi connectivity index (χ0n) is 11.4. The molecule has 25 heavy (non-hydrogen) atoms. The Balaban J connectivity index is 3.22. The Hall–Kier alpha value is -1.48. The number of benzene rings is 1. The summed E-state index contributed by atoms with van der Waals surface area (Å²) in [5.41, 5.74) is -5.03. The second kappa shape index (κ2) is 6.68. The van der Waals surface area contributed by atoms with Crippen LogP contribution in [-0.2, 0) is 20.0 Å². The number of nitrogens with one attached hydrogen (secondary N) is 1. The fraction of sp³-hybridized carbons (Fsp3) is 0.400. The lowest BCUT2D eigenvalue weighted by atomic mass is 10.2. The monoisotopic (exact) mass is 421 g/mol. The van der Waals surface area contributed by atoms with Crippen LogP contribution < -0.4 is 4.13 Å². The molecule has 0 heterocycles. The second-order valence-electron chi connectivity index (χ2n) is 4.45. The molecule has 0 aliphatic carbocycles. The van der Waals surface area contributed by atoms with Gasteiger partial charge in [-0.1, -0.05) is 0 Å². The van der Waals surface area contributed by atoms with Crippen molar-refractivity contribution in [3.05, 3.63) is 30.1 Å². The van der Waals surface area contributed by atoms with Gasteiger partial charge in [0.05, 0.1) is 4.90 Å². The van der Waals surface area contributed by atoms with Crippen molar-refractivity contribution < 1.29 is 52.0 Å². The molecule has 0 saturated heterocycles. The first-order chi connectivity index (χ1) is 11.1. The lowest BCUT2D eigenvalue weighted by Crippen LogP contribution is -2.57. The van der Waals surface area contributed by atoms with E-state index >= 15 is 0 Å². The first kappa shape index (κ1) is 21.6. The average molecular weight is 421 g/mol. The van der Waals surface area contributed by atoms with E-state index in [1.165, 1.54) is 0 Å². The van der Waals surface area contributed by atoms with Crippen LogP contribution in [0.4, 0.5) is 35.1 Å². The number of rotatable bonds is 7. The molecule has 0 fully saturated rings.